The molecule has 1 amide bonds. The van der Waals surface area contributed by atoms with E-state index in [9.17, 15) is 9.18 Å². The Hall–Kier alpha value is -2.69. The van der Waals surface area contributed by atoms with Crippen LogP contribution in [0.1, 0.15) is 49.6 Å². The van der Waals surface area contributed by atoms with Gasteiger partial charge in [0.05, 0.1) is 5.69 Å². The maximum Gasteiger partial charge on any atom is 0.221 e. The lowest BCUT2D eigenvalue weighted by molar-refractivity contribution is -0.121. The highest BCUT2D eigenvalue weighted by molar-refractivity contribution is 5.77. The van der Waals surface area contributed by atoms with Crippen molar-refractivity contribution in [3.8, 4) is 0 Å². The normalized spacial score (nSPS) is 13.5. The zero-order valence-electron chi connectivity index (χ0n) is 15.4. The number of hydrogen-bond donors (Lipinski definition) is 1. The van der Waals surface area contributed by atoms with Gasteiger partial charge < -0.3 is 9.72 Å². The molecular formula is C21H24FN3O. The summed E-state index contributed by atoms with van der Waals surface area (Å²) >= 11 is 0. The van der Waals surface area contributed by atoms with Crippen molar-refractivity contribution in [2.24, 2.45) is 0 Å². The Kier molecular flexibility index (Phi) is 5.35. The number of rotatable bonds is 6. The molecule has 3 aromatic rings. The molecule has 0 unspecified atom stereocenters. The number of carbonyl (C=O) groups excluding carboxylic acids is 1. The zero-order chi connectivity index (χ0) is 18.7. The molecule has 1 aromatic carbocycles. The maximum atomic E-state index is 13.8. The van der Waals surface area contributed by atoms with Crippen molar-refractivity contribution < 1.29 is 9.18 Å². The van der Waals surface area contributed by atoms with E-state index in [0.29, 0.717) is 0 Å². The van der Waals surface area contributed by atoms with Gasteiger partial charge in [-0.3, -0.25) is 4.79 Å². The predicted molar refractivity (Wildman–Crippen MR) is 101 cm³/mol. The van der Waals surface area contributed by atoms with Crippen molar-refractivity contribution >= 4 is 11.6 Å². The largest absolute Gasteiger partial charge is 0.354 e. The van der Waals surface area contributed by atoms with Gasteiger partial charge in [0.25, 0.3) is 0 Å². The number of hydrogen-bond acceptors (Lipinski definition) is 2. The molecule has 1 N–H and O–H groups in total. The lowest BCUT2D eigenvalue weighted by Crippen LogP contribution is -2.33. The Morgan fingerprint density at radius 3 is 2.77 bits per heavy atom. The Labute approximate surface area is 153 Å². The fraction of sp³-hybridized carbons (Fsp3) is 0.333. The predicted octanol–water partition coefficient (Wildman–Crippen LogP) is 4.22. The number of aryl methyl sites for hydroxylation is 1. The first-order valence-corrected chi connectivity index (χ1v) is 8.97. The first-order chi connectivity index (χ1) is 12.5. The fourth-order valence-corrected chi connectivity index (χ4v) is 3.21. The number of carbonyl (C=O) groups is 1. The first kappa shape index (κ1) is 18.1. The van der Waals surface area contributed by atoms with E-state index >= 15 is 0 Å². The summed E-state index contributed by atoms with van der Waals surface area (Å²) in [5.74, 6) is -0.622. The van der Waals surface area contributed by atoms with Crippen LogP contribution in [0.2, 0.25) is 0 Å². The third-order valence-electron chi connectivity index (χ3n) is 4.77. The van der Waals surface area contributed by atoms with Gasteiger partial charge in [-0.1, -0.05) is 25.1 Å². The number of benzene rings is 1. The third-order valence-corrected chi connectivity index (χ3v) is 4.77. The summed E-state index contributed by atoms with van der Waals surface area (Å²) in [5, 5.41) is 3.01. The topological polar surface area (TPSA) is 46.4 Å². The monoisotopic (exact) mass is 353 g/mol. The van der Waals surface area contributed by atoms with E-state index in [2.05, 4.69) is 10.3 Å². The summed E-state index contributed by atoms with van der Waals surface area (Å²) < 4.78 is 15.9. The summed E-state index contributed by atoms with van der Waals surface area (Å²) in [7, 11) is 0. The van der Waals surface area contributed by atoms with Crippen molar-refractivity contribution in [2.75, 3.05) is 0 Å². The highest BCUT2D eigenvalue weighted by Crippen LogP contribution is 2.30. The molecule has 0 fully saturated rings. The number of aromatic nitrogens is 2. The SMILES string of the molecule is CC[C@@H](C)NC(=O)C[C@@H](c1cccc(F)c1)c1cnc2cccc(C)n12. The Morgan fingerprint density at radius 1 is 1.27 bits per heavy atom. The standard InChI is InChI=1S/C21H24FN3O/c1-4-14(2)24-21(26)12-18(16-8-6-9-17(22)11-16)19-13-23-20-10-5-7-15(3)25(19)20/h5-11,13-14,18H,4,12H2,1-3H3,(H,24,26)/t14-,18+/m1/s1. The van der Waals surface area contributed by atoms with E-state index in [4.69, 9.17) is 0 Å². The average Bonchev–Trinajstić information content (AvgIpc) is 3.04. The Morgan fingerprint density at radius 2 is 2.04 bits per heavy atom. The molecule has 2 heterocycles. The molecule has 136 valence electrons. The number of nitrogens with one attached hydrogen (secondary N) is 1. The molecule has 0 radical (unpaired) electrons. The molecule has 26 heavy (non-hydrogen) atoms. The second kappa shape index (κ2) is 7.68. The first-order valence-electron chi connectivity index (χ1n) is 8.97. The summed E-state index contributed by atoms with van der Waals surface area (Å²) in [5.41, 5.74) is 3.51. The van der Waals surface area contributed by atoms with Crippen LogP contribution in [0, 0.1) is 12.7 Å². The van der Waals surface area contributed by atoms with Gasteiger partial charge in [0.2, 0.25) is 5.91 Å². The van der Waals surface area contributed by atoms with Crippen molar-refractivity contribution in [1.29, 1.82) is 0 Å². The van der Waals surface area contributed by atoms with E-state index in [1.54, 1.807) is 12.3 Å². The van der Waals surface area contributed by atoms with E-state index < -0.39 is 0 Å². The van der Waals surface area contributed by atoms with Gasteiger partial charge in [-0.25, -0.2) is 9.37 Å². The van der Waals surface area contributed by atoms with Gasteiger partial charge in [0, 0.05) is 30.3 Å². The van der Waals surface area contributed by atoms with Crippen LogP contribution in [0.25, 0.3) is 5.65 Å². The van der Waals surface area contributed by atoms with Crippen LogP contribution in [0.4, 0.5) is 4.39 Å². The van der Waals surface area contributed by atoms with Gasteiger partial charge in [0.15, 0.2) is 0 Å². The molecule has 2 aromatic heterocycles. The van der Waals surface area contributed by atoms with E-state index in [1.807, 2.05) is 49.4 Å². The Bertz CT molecular complexity index is 919. The van der Waals surface area contributed by atoms with Gasteiger partial charge in [-0.05, 0) is 50.1 Å². The number of nitrogens with zero attached hydrogens (tertiary/aromatic N) is 2. The Balaban J connectivity index is 2.04. The molecular weight excluding hydrogens is 329 g/mol. The highest BCUT2D eigenvalue weighted by Gasteiger charge is 2.23. The lowest BCUT2D eigenvalue weighted by atomic mass is 9.92. The number of pyridine rings is 1. The fourth-order valence-electron chi connectivity index (χ4n) is 3.21. The van der Waals surface area contributed by atoms with Crippen LogP contribution in [0.5, 0.6) is 0 Å². The van der Waals surface area contributed by atoms with Crippen molar-refractivity contribution in [2.45, 2.75) is 45.6 Å². The molecule has 5 heteroatoms. The second-order valence-electron chi connectivity index (χ2n) is 6.73. The molecule has 0 saturated carbocycles. The average molecular weight is 353 g/mol. The van der Waals surface area contributed by atoms with Crippen LogP contribution in [-0.2, 0) is 4.79 Å². The molecule has 0 saturated heterocycles. The molecule has 0 spiro atoms. The van der Waals surface area contributed by atoms with Gasteiger partial charge in [-0.2, -0.15) is 0 Å². The van der Waals surface area contributed by atoms with Crippen molar-refractivity contribution in [3.05, 3.63) is 71.4 Å². The third kappa shape index (κ3) is 3.77. The molecule has 0 aliphatic rings. The van der Waals surface area contributed by atoms with E-state index in [-0.39, 0.29) is 30.1 Å². The van der Waals surface area contributed by atoms with E-state index in [1.165, 1.54) is 12.1 Å². The number of fused-ring (bicyclic) bond motifs is 1. The van der Waals surface area contributed by atoms with Crippen LogP contribution >= 0.6 is 0 Å². The summed E-state index contributed by atoms with van der Waals surface area (Å²) in [4.78, 5) is 17.0. The maximum absolute atomic E-state index is 13.8. The van der Waals surface area contributed by atoms with E-state index in [0.717, 1.165) is 29.0 Å². The summed E-state index contributed by atoms with van der Waals surface area (Å²) in [6.07, 6.45) is 2.90. The summed E-state index contributed by atoms with van der Waals surface area (Å²) in [6, 6.07) is 12.5. The minimum atomic E-state index is -0.305. The molecule has 2 atom stereocenters. The lowest BCUT2D eigenvalue weighted by Gasteiger charge is -2.20. The van der Waals surface area contributed by atoms with Crippen LogP contribution in [0.3, 0.4) is 0 Å². The second-order valence-corrected chi connectivity index (χ2v) is 6.73. The van der Waals surface area contributed by atoms with Crippen LogP contribution in [-0.4, -0.2) is 21.3 Å². The number of amides is 1. The number of halogens is 1. The van der Waals surface area contributed by atoms with Crippen LogP contribution in [0.15, 0.2) is 48.7 Å². The zero-order valence-corrected chi connectivity index (χ0v) is 15.4. The number of imidazole rings is 1. The molecule has 4 nitrogen and oxygen atoms in total. The smallest absolute Gasteiger partial charge is 0.221 e. The molecule has 0 aliphatic heterocycles. The van der Waals surface area contributed by atoms with Crippen molar-refractivity contribution in [1.82, 2.24) is 14.7 Å². The van der Waals surface area contributed by atoms with Gasteiger partial charge in [0.1, 0.15) is 11.5 Å². The minimum Gasteiger partial charge on any atom is -0.354 e. The quantitative estimate of drug-likeness (QED) is 0.721. The molecule has 3 rings (SSSR count). The summed E-state index contributed by atoms with van der Waals surface area (Å²) in [6.45, 7) is 6.01. The molecule has 0 bridgehead atoms. The van der Waals surface area contributed by atoms with Crippen molar-refractivity contribution in [3.63, 3.8) is 0 Å². The van der Waals surface area contributed by atoms with Gasteiger partial charge in [-0.15, -0.1) is 0 Å². The molecule has 0 aliphatic carbocycles. The highest BCUT2D eigenvalue weighted by atomic mass is 19.1. The van der Waals surface area contributed by atoms with Crippen LogP contribution < -0.4 is 5.32 Å². The minimum absolute atomic E-state index is 0.0443. The van der Waals surface area contributed by atoms with Gasteiger partial charge >= 0.3 is 0 Å².